The number of rotatable bonds is 2. The van der Waals surface area contributed by atoms with Gasteiger partial charge in [0, 0.05) is 12.2 Å². The van der Waals surface area contributed by atoms with Gasteiger partial charge in [-0.15, -0.1) is 0 Å². The topological polar surface area (TPSA) is 32.3 Å². The molecule has 3 nitrogen and oxygen atoms in total. The largest absolute Gasteiger partial charge is 0.322 e. The lowest BCUT2D eigenvalue weighted by atomic mass is 9.88. The average Bonchev–Trinajstić information content (AvgIpc) is 2.69. The smallest absolute Gasteiger partial charge is 0.313 e. The van der Waals surface area contributed by atoms with Crippen molar-refractivity contribution in [2.75, 3.05) is 11.9 Å². The van der Waals surface area contributed by atoms with E-state index in [1.807, 2.05) is 36.1 Å². The minimum Gasteiger partial charge on any atom is -0.313 e. The Morgan fingerprint density at radius 1 is 0.926 bits per heavy atom. The lowest BCUT2D eigenvalue weighted by Gasteiger charge is -2.37. The number of fused-ring (bicyclic) bond motifs is 1. The van der Waals surface area contributed by atoms with Gasteiger partial charge in [-0.1, -0.05) is 72.3 Å². The van der Waals surface area contributed by atoms with E-state index in [-0.39, 0.29) is 12.1 Å². The molecule has 0 bridgehead atoms. The second-order valence-electron chi connectivity index (χ2n) is 7.20. The third-order valence-electron chi connectivity index (χ3n) is 5.32. The first kappa shape index (κ1) is 17.3. The van der Waals surface area contributed by atoms with E-state index in [4.69, 9.17) is 0 Å². The molecule has 1 unspecified atom stereocenters. The van der Waals surface area contributed by atoms with Gasteiger partial charge in [-0.3, -0.25) is 0 Å². The molecule has 0 fully saturated rings. The summed E-state index contributed by atoms with van der Waals surface area (Å²) in [5, 5.41) is 3.11. The van der Waals surface area contributed by atoms with Crippen LogP contribution in [0.5, 0.6) is 0 Å². The van der Waals surface area contributed by atoms with Gasteiger partial charge < -0.3 is 10.2 Å². The Bertz CT molecular complexity index is 962. The number of carbonyl (C=O) groups is 1. The first-order valence-electron chi connectivity index (χ1n) is 9.41. The molecule has 2 amide bonds. The Labute approximate surface area is 160 Å². The number of hydrogen-bond donors (Lipinski definition) is 1. The standard InChI is InChI=1S/C24H24N2O/c1-17-11-13-20(14-12-17)23-21-9-5-4-8-19(21)15-16-26(23)24(27)25-22-10-6-3-7-18(22)2/h3-14,23H,15-16H2,1-2H3,(H,25,27). The maximum absolute atomic E-state index is 13.2. The van der Waals surface area contributed by atoms with Crippen LogP contribution in [0.2, 0.25) is 0 Å². The van der Waals surface area contributed by atoms with Gasteiger partial charge in [-0.25, -0.2) is 4.79 Å². The highest BCUT2D eigenvalue weighted by atomic mass is 16.2. The molecule has 1 heterocycles. The van der Waals surface area contributed by atoms with Crippen LogP contribution in [0.4, 0.5) is 10.5 Å². The van der Waals surface area contributed by atoms with Crippen molar-refractivity contribution < 1.29 is 4.79 Å². The quantitative estimate of drug-likeness (QED) is 0.647. The maximum atomic E-state index is 13.2. The summed E-state index contributed by atoms with van der Waals surface area (Å²) in [5.41, 5.74) is 6.83. The molecule has 0 saturated carbocycles. The molecule has 3 aromatic carbocycles. The number of nitrogens with zero attached hydrogens (tertiary/aromatic N) is 1. The molecule has 0 aliphatic carbocycles. The Hall–Kier alpha value is -3.07. The van der Waals surface area contributed by atoms with Gasteiger partial charge in [-0.05, 0) is 48.6 Å². The number of para-hydroxylation sites is 1. The van der Waals surface area contributed by atoms with Crippen LogP contribution in [0.3, 0.4) is 0 Å². The molecule has 1 N–H and O–H groups in total. The molecule has 1 aliphatic heterocycles. The van der Waals surface area contributed by atoms with Gasteiger partial charge >= 0.3 is 6.03 Å². The lowest BCUT2D eigenvalue weighted by molar-refractivity contribution is 0.194. The van der Waals surface area contributed by atoms with E-state index < -0.39 is 0 Å². The van der Waals surface area contributed by atoms with Crippen LogP contribution in [0, 0.1) is 13.8 Å². The number of carbonyl (C=O) groups excluding carboxylic acids is 1. The molecule has 0 spiro atoms. The molecule has 0 saturated heterocycles. The fourth-order valence-electron chi connectivity index (χ4n) is 3.79. The average molecular weight is 356 g/mol. The monoisotopic (exact) mass is 356 g/mol. The van der Waals surface area contributed by atoms with Crippen molar-refractivity contribution in [2.24, 2.45) is 0 Å². The second-order valence-corrected chi connectivity index (χ2v) is 7.20. The summed E-state index contributed by atoms with van der Waals surface area (Å²) in [5.74, 6) is 0. The molecule has 136 valence electrons. The van der Waals surface area contributed by atoms with E-state index in [1.165, 1.54) is 16.7 Å². The SMILES string of the molecule is Cc1ccc(C2c3ccccc3CCN2C(=O)Nc2ccccc2C)cc1. The number of aryl methyl sites for hydroxylation is 2. The van der Waals surface area contributed by atoms with E-state index in [0.717, 1.165) is 23.2 Å². The number of urea groups is 1. The van der Waals surface area contributed by atoms with E-state index in [1.54, 1.807) is 0 Å². The van der Waals surface area contributed by atoms with Crippen LogP contribution in [0.15, 0.2) is 72.8 Å². The number of anilines is 1. The van der Waals surface area contributed by atoms with Gasteiger partial charge in [-0.2, -0.15) is 0 Å². The third-order valence-corrected chi connectivity index (χ3v) is 5.32. The van der Waals surface area contributed by atoms with Crippen LogP contribution < -0.4 is 5.32 Å². The number of hydrogen-bond acceptors (Lipinski definition) is 1. The van der Waals surface area contributed by atoms with Crippen LogP contribution in [0.25, 0.3) is 0 Å². The van der Waals surface area contributed by atoms with E-state index in [9.17, 15) is 4.79 Å². The molecule has 0 radical (unpaired) electrons. The van der Waals surface area contributed by atoms with Gasteiger partial charge in [0.25, 0.3) is 0 Å². The summed E-state index contributed by atoms with van der Waals surface area (Å²) in [6, 6.07) is 24.7. The Balaban J connectivity index is 1.71. The zero-order valence-corrected chi connectivity index (χ0v) is 15.8. The maximum Gasteiger partial charge on any atom is 0.322 e. The summed E-state index contributed by atoms with van der Waals surface area (Å²) in [6.07, 6.45) is 0.875. The number of benzene rings is 3. The van der Waals surface area contributed by atoms with Crippen molar-refractivity contribution >= 4 is 11.7 Å². The highest BCUT2D eigenvalue weighted by molar-refractivity contribution is 5.91. The first-order valence-corrected chi connectivity index (χ1v) is 9.41. The second kappa shape index (κ2) is 7.28. The number of amides is 2. The molecular weight excluding hydrogens is 332 g/mol. The van der Waals surface area contributed by atoms with Crippen molar-refractivity contribution in [3.8, 4) is 0 Å². The van der Waals surface area contributed by atoms with Crippen LogP contribution in [-0.2, 0) is 6.42 Å². The molecule has 1 atom stereocenters. The molecule has 27 heavy (non-hydrogen) atoms. The van der Waals surface area contributed by atoms with Crippen molar-refractivity contribution in [3.63, 3.8) is 0 Å². The van der Waals surface area contributed by atoms with Crippen LogP contribution >= 0.6 is 0 Å². The zero-order chi connectivity index (χ0) is 18.8. The van der Waals surface area contributed by atoms with Gasteiger partial charge in [0.1, 0.15) is 0 Å². The zero-order valence-electron chi connectivity index (χ0n) is 15.8. The summed E-state index contributed by atoms with van der Waals surface area (Å²) in [7, 11) is 0. The Morgan fingerprint density at radius 2 is 1.63 bits per heavy atom. The fourth-order valence-corrected chi connectivity index (χ4v) is 3.79. The van der Waals surface area contributed by atoms with E-state index in [2.05, 4.69) is 60.8 Å². The fraction of sp³-hybridized carbons (Fsp3) is 0.208. The highest BCUT2D eigenvalue weighted by Gasteiger charge is 2.32. The van der Waals surface area contributed by atoms with Gasteiger partial charge in [0.05, 0.1) is 6.04 Å². The highest BCUT2D eigenvalue weighted by Crippen LogP contribution is 2.35. The molecule has 0 aromatic heterocycles. The van der Waals surface area contributed by atoms with E-state index >= 15 is 0 Å². The number of nitrogens with one attached hydrogen (secondary N) is 1. The summed E-state index contributed by atoms with van der Waals surface area (Å²) in [4.78, 5) is 15.2. The van der Waals surface area contributed by atoms with Crippen molar-refractivity contribution in [1.29, 1.82) is 0 Å². The summed E-state index contributed by atoms with van der Waals surface area (Å²) < 4.78 is 0. The molecule has 3 heteroatoms. The minimum absolute atomic E-state index is 0.0515. The predicted molar refractivity (Wildman–Crippen MR) is 110 cm³/mol. The third kappa shape index (κ3) is 3.45. The Kier molecular flexibility index (Phi) is 4.68. The van der Waals surface area contributed by atoms with Crippen molar-refractivity contribution in [2.45, 2.75) is 26.3 Å². The Morgan fingerprint density at radius 3 is 2.41 bits per heavy atom. The summed E-state index contributed by atoms with van der Waals surface area (Å²) >= 11 is 0. The minimum atomic E-state index is -0.0698. The lowest BCUT2D eigenvalue weighted by Crippen LogP contribution is -2.43. The van der Waals surface area contributed by atoms with Gasteiger partial charge in [0.15, 0.2) is 0 Å². The van der Waals surface area contributed by atoms with Crippen molar-refractivity contribution in [1.82, 2.24) is 4.90 Å². The van der Waals surface area contributed by atoms with E-state index in [0.29, 0.717) is 6.54 Å². The summed E-state index contributed by atoms with van der Waals surface area (Å²) in [6.45, 7) is 4.80. The van der Waals surface area contributed by atoms with Gasteiger partial charge in [0.2, 0.25) is 0 Å². The van der Waals surface area contributed by atoms with Crippen molar-refractivity contribution in [3.05, 3.63) is 101 Å². The molecule has 1 aliphatic rings. The van der Waals surface area contributed by atoms with Crippen LogP contribution in [-0.4, -0.2) is 17.5 Å². The molecule has 3 aromatic rings. The normalized spacial score (nSPS) is 15.9. The predicted octanol–water partition coefficient (Wildman–Crippen LogP) is 5.48. The molecular formula is C24H24N2O. The van der Waals surface area contributed by atoms with Crippen LogP contribution in [0.1, 0.15) is 33.9 Å². The molecule has 4 rings (SSSR count). The first-order chi connectivity index (χ1) is 13.1.